The Labute approximate surface area is 177 Å². The summed E-state index contributed by atoms with van der Waals surface area (Å²) in [5.74, 6) is 0.473. The van der Waals surface area contributed by atoms with E-state index in [0.29, 0.717) is 17.9 Å². The predicted octanol–water partition coefficient (Wildman–Crippen LogP) is 3.16. The zero-order valence-electron chi connectivity index (χ0n) is 17.7. The van der Waals surface area contributed by atoms with Crippen molar-refractivity contribution in [1.82, 2.24) is 19.8 Å². The Balaban J connectivity index is 1.41. The Hall–Kier alpha value is -2.96. The third kappa shape index (κ3) is 5.14. The highest BCUT2D eigenvalue weighted by Crippen LogP contribution is 2.16. The van der Waals surface area contributed by atoms with Crippen molar-refractivity contribution in [3.05, 3.63) is 87.3 Å². The molecule has 3 aromatic rings. The van der Waals surface area contributed by atoms with Gasteiger partial charge in [0.15, 0.2) is 0 Å². The molecule has 1 aliphatic rings. The lowest BCUT2D eigenvalue weighted by molar-refractivity contribution is 0.148. The van der Waals surface area contributed by atoms with Crippen LogP contribution < -0.4 is 10.9 Å². The van der Waals surface area contributed by atoms with Crippen LogP contribution in [0.5, 0.6) is 0 Å². The third-order valence-electron chi connectivity index (χ3n) is 5.66. The summed E-state index contributed by atoms with van der Waals surface area (Å²) in [5.41, 5.74) is 4.66. The van der Waals surface area contributed by atoms with E-state index in [-0.39, 0.29) is 5.56 Å². The highest BCUT2D eigenvalue weighted by atomic mass is 16.1. The van der Waals surface area contributed by atoms with Gasteiger partial charge in [-0.3, -0.25) is 14.7 Å². The topological polar surface area (TPSA) is 64.3 Å². The van der Waals surface area contributed by atoms with Crippen LogP contribution >= 0.6 is 0 Å². The van der Waals surface area contributed by atoms with Gasteiger partial charge in [0.05, 0.1) is 5.69 Å². The molecule has 0 spiro atoms. The van der Waals surface area contributed by atoms with E-state index in [0.717, 1.165) is 49.7 Å². The van der Waals surface area contributed by atoms with Crippen LogP contribution in [0.4, 0.5) is 11.6 Å². The molecule has 0 radical (unpaired) electrons. The van der Waals surface area contributed by atoms with E-state index in [9.17, 15) is 4.79 Å². The quantitative estimate of drug-likeness (QED) is 0.662. The fourth-order valence-corrected chi connectivity index (χ4v) is 3.77. The SMILES string of the molecule is Cc1nc(Nc2ccc(CN3CCN(C)CC3)cc2)[nH]c(=O)c1Cc1ccccc1. The number of aryl methyl sites for hydroxylation is 1. The van der Waals surface area contributed by atoms with Crippen molar-refractivity contribution in [2.24, 2.45) is 0 Å². The van der Waals surface area contributed by atoms with Gasteiger partial charge < -0.3 is 10.2 Å². The van der Waals surface area contributed by atoms with Crippen molar-refractivity contribution in [3.8, 4) is 0 Å². The van der Waals surface area contributed by atoms with Crippen LogP contribution in [0.15, 0.2) is 59.4 Å². The largest absolute Gasteiger partial charge is 0.326 e. The summed E-state index contributed by atoms with van der Waals surface area (Å²) in [6, 6.07) is 18.3. The molecule has 6 nitrogen and oxygen atoms in total. The second-order valence-corrected chi connectivity index (χ2v) is 8.04. The molecule has 2 aromatic carbocycles. The number of nitrogens with zero attached hydrogens (tertiary/aromatic N) is 3. The minimum atomic E-state index is -0.0967. The van der Waals surface area contributed by atoms with Crippen LogP contribution in [0.25, 0.3) is 0 Å². The van der Waals surface area contributed by atoms with Gasteiger partial charge in [-0.15, -0.1) is 0 Å². The number of nitrogens with one attached hydrogen (secondary N) is 2. The van der Waals surface area contributed by atoms with Gasteiger partial charge in [-0.1, -0.05) is 42.5 Å². The van der Waals surface area contributed by atoms with Crippen molar-refractivity contribution < 1.29 is 0 Å². The zero-order chi connectivity index (χ0) is 20.9. The zero-order valence-corrected chi connectivity index (χ0v) is 17.7. The first-order valence-corrected chi connectivity index (χ1v) is 10.5. The first kappa shape index (κ1) is 20.3. The summed E-state index contributed by atoms with van der Waals surface area (Å²) >= 11 is 0. The number of anilines is 2. The van der Waals surface area contributed by atoms with Gasteiger partial charge in [0, 0.05) is 50.4 Å². The van der Waals surface area contributed by atoms with E-state index in [2.05, 4.69) is 44.3 Å². The smallest absolute Gasteiger partial charge is 0.256 e. The summed E-state index contributed by atoms with van der Waals surface area (Å²) in [6.45, 7) is 7.32. The molecule has 1 aliphatic heterocycles. The lowest BCUT2D eigenvalue weighted by Crippen LogP contribution is -2.43. The van der Waals surface area contributed by atoms with Crippen molar-refractivity contribution in [3.63, 3.8) is 0 Å². The summed E-state index contributed by atoms with van der Waals surface area (Å²) in [5, 5.41) is 3.23. The number of piperazine rings is 1. The molecule has 0 unspecified atom stereocenters. The van der Waals surface area contributed by atoms with E-state index < -0.39 is 0 Å². The normalized spacial score (nSPS) is 15.3. The van der Waals surface area contributed by atoms with Gasteiger partial charge in [0.2, 0.25) is 5.95 Å². The number of hydrogen-bond donors (Lipinski definition) is 2. The van der Waals surface area contributed by atoms with Crippen LogP contribution in [0.3, 0.4) is 0 Å². The molecule has 0 bridgehead atoms. The molecule has 4 rings (SSSR count). The maximum Gasteiger partial charge on any atom is 0.256 e. The standard InChI is InChI=1S/C24H29N5O/c1-18-22(16-19-6-4-3-5-7-19)23(30)27-24(25-18)26-21-10-8-20(9-11-21)17-29-14-12-28(2)13-15-29/h3-11H,12-17H2,1-2H3,(H2,25,26,27,30). The lowest BCUT2D eigenvalue weighted by atomic mass is 10.1. The summed E-state index contributed by atoms with van der Waals surface area (Å²) in [7, 11) is 2.17. The van der Waals surface area contributed by atoms with Gasteiger partial charge >= 0.3 is 0 Å². The van der Waals surface area contributed by atoms with Crippen molar-refractivity contribution in [2.45, 2.75) is 19.9 Å². The van der Waals surface area contributed by atoms with E-state index in [1.807, 2.05) is 49.4 Å². The average molecular weight is 404 g/mol. The Morgan fingerprint density at radius 3 is 2.33 bits per heavy atom. The maximum absolute atomic E-state index is 12.6. The van der Waals surface area contributed by atoms with Crippen LogP contribution in [0, 0.1) is 6.92 Å². The van der Waals surface area contributed by atoms with E-state index in [4.69, 9.17) is 0 Å². The van der Waals surface area contributed by atoms with E-state index >= 15 is 0 Å². The van der Waals surface area contributed by atoms with Gasteiger partial charge in [0.1, 0.15) is 0 Å². The Bertz CT molecular complexity index is 1020. The predicted molar refractivity (Wildman–Crippen MR) is 121 cm³/mol. The average Bonchev–Trinajstić information content (AvgIpc) is 2.75. The van der Waals surface area contributed by atoms with Crippen LogP contribution in [-0.4, -0.2) is 53.0 Å². The number of hydrogen-bond acceptors (Lipinski definition) is 5. The lowest BCUT2D eigenvalue weighted by Gasteiger charge is -2.32. The van der Waals surface area contributed by atoms with Crippen molar-refractivity contribution in [1.29, 1.82) is 0 Å². The first-order valence-electron chi connectivity index (χ1n) is 10.5. The van der Waals surface area contributed by atoms with Gasteiger partial charge in [-0.05, 0) is 37.2 Å². The second kappa shape index (κ2) is 9.24. The van der Waals surface area contributed by atoms with Crippen LogP contribution in [0.2, 0.25) is 0 Å². The minimum absolute atomic E-state index is 0.0967. The summed E-state index contributed by atoms with van der Waals surface area (Å²) in [6.07, 6.45) is 0.580. The molecule has 0 amide bonds. The molecule has 1 fully saturated rings. The van der Waals surface area contributed by atoms with Crippen molar-refractivity contribution >= 4 is 11.6 Å². The van der Waals surface area contributed by atoms with E-state index in [1.165, 1.54) is 5.56 Å². The molecule has 0 aliphatic carbocycles. The van der Waals surface area contributed by atoms with Crippen LogP contribution in [0.1, 0.15) is 22.4 Å². The summed E-state index contributed by atoms with van der Waals surface area (Å²) < 4.78 is 0. The molecule has 1 aromatic heterocycles. The Morgan fingerprint density at radius 1 is 0.967 bits per heavy atom. The molecule has 2 N–H and O–H groups in total. The fraction of sp³-hybridized carbons (Fsp3) is 0.333. The van der Waals surface area contributed by atoms with Gasteiger partial charge in [-0.2, -0.15) is 0 Å². The van der Waals surface area contributed by atoms with Crippen LogP contribution in [-0.2, 0) is 13.0 Å². The molecule has 6 heteroatoms. The third-order valence-corrected chi connectivity index (χ3v) is 5.66. The number of likely N-dealkylation sites (N-methyl/N-ethyl adjacent to an activating group) is 1. The fourth-order valence-electron chi connectivity index (χ4n) is 3.77. The monoisotopic (exact) mass is 403 g/mol. The molecular formula is C24H29N5O. The van der Waals surface area contributed by atoms with Crippen molar-refractivity contribution in [2.75, 3.05) is 38.5 Å². The molecule has 0 atom stereocenters. The Kier molecular flexibility index (Phi) is 6.26. The second-order valence-electron chi connectivity index (χ2n) is 8.04. The molecule has 0 saturated carbocycles. The molecule has 30 heavy (non-hydrogen) atoms. The maximum atomic E-state index is 12.6. The highest BCUT2D eigenvalue weighted by molar-refractivity contribution is 5.54. The van der Waals surface area contributed by atoms with Gasteiger partial charge in [0.25, 0.3) is 5.56 Å². The van der Waals surface area contributed by atoms with Gasteiger partial charge in [-0.25, -0.2) is 4.98 Å². The molecular weight excluding hydrogens is 374 g/mol. The number of aromatic amines is 1. The number of rotatable bonds is 6. The summed E-state index contributed by atoms with van der Waals surface area (Å²) in [4.78, 5) is 24.9. The Morgan fingerprint density at radius 2 is 1.67 bits per heavy atom. The number of aromatic nitrogens is 2. The van der Waals surface area contributed by atoms with E-state index in [1.54, 1.807) is 0 Å². The molecule has 1 saturated heterocycles. The minimum Gasteiger partial charge on any atom is -0.326 e. The number of benzene rings is 2. The molecule has 156 valence electrons. The molecule has 2 heterocycles. The number of H-pyrrole nitrogens is 1. The highest BCUT2D eigenvalue weighted by Gasteiger charge is 2.14. The first-order chi connectivity index (χ1) is 14.6.